The zero-order valence-corrected chi connectivity index (χ0v) is 31.4. The van der Waals surface area contributed by atoms with Crippen LogP contribution in [0, 0.1) is 0 Å². The Morgan fingerprint density at radius 3 is 1.35 bits per heavy atom. The van der Waals surface area contributed by atoms with Crippen molar-refractivity contribution in [3.8, 4) is 0 Å². The molecule has 0 saturated heterocycles. The standard InChI is InChI=1S/C45H73NO3/c1-3-5-7-9-11-13-15-16-17-18-19-20-21-22-23-24-25-26-27-28-29-30-31-33-35-37-39-41-45(49)46-43(42-47)44(48)40-38-36-34-32-14-12-10-8-6-4-2/h5-8,11,13-14,16-17,19-20,22-23,25-26,32,38,40,43-44,47-48H,3-4,9-10,12,15,18,21,24,27-31,33-37,39,41-42H2,1-2H3,(H,46,49)/b7-5-,8-6+,13-11-,17-16-,20-19-,23-22-,26-25-,32-14+,40-38+. The molecule has 0 heterocycles. The van der Waals surface area contributed by atoms with Crippen LogP contribution in [-0.4, -0.2) is 34.9 Å². The number of aliphatic hydroxyl groups is 2. The van der Waals surface area contributed by atoms with Crippen molar-refractivity contribution in [2.45, 2.75) is 161 Å². The maximum atomic E-state index is 12.3. The van der Waals surface area contributed by atoms with E-state index < -0.39 is 12.1 Å². The molecule has 2 atom stereocenters. The minimum atomic E-state index is -0.878. The highest BCUT2D eigenvalue weighted by atomic mass is 16.3. The topological polar surface area (TPSA) is 69.6 Å². The highest BCUT2D eigenvalue weighted by Crippen LogP contribution is 2.11. The van der Waals surface area contributed by atoms with Gasteiger partial charge in [-0.25, -0.2) is 0 Å². The lowest BCUT2D eigenvalue weighted by Crippen LogP contribution is -2.45. The summed E-state index contributed by atoms with van der Waals surface area (Å²) in [7, 11) is 0. The first-order chi connectivity index (χ1) is 24.2. The summed E-state index contributed by atoms with van der Waals surface area (Å²) >= 11 is 0. The third-order valence-corrected chi connectivity index (χ3v) is 7.98. The second kappa shape index (κ2) is 39.5. The van der Waals surface area contributed by atoms with Gasteiger partial charge in [0.1, 0.15) is 0 Å². The molecule has 49 heavy (non-hydrogen) atoms. The van der Waals surface area contributed by atoms with Crippen molar-refractivity contribution >= 4 is 5.91 Å². The SMILES string of the molecule is CC/C=C\C/C=C\C/C=C\C/C=C\C/C=C\C/C=C\CCCCCCCCCCC(=O)NC(CO)C(O)/C=C/CC/C=C/CC/C=C/CC. The molecule has 3 N–H and O–H groups in total. The number of nitrogens with one attached hydrogen (secondary N) is 1. The van der Waals surface area contributed by atoms with E-state index in [1.165, 1.54) is 32.1 Å². The van der Waals surface area contributed by atoms with E-state index in [-0.39, 0.29) is 12.5 Å². The Kier molecular flexibility index (Phi) is 37.1. The van der Waals surface area contributed by atoms with E-state index in [0.29, 0.717) is 6.42 Å². The number of carbonyl (C=O) groups is 1. The van der Waals surface area contributed by atoms with E-state index in [9.17, 15) is 15.0 Å². The molecule has 4 heteroatoms. The number of hydrogen-bond donors (Lipinski definition) is 3. The molecule has 0 fully saturated rings. The molecule has 0 aromatic rings. The largest absolute Gasteiger partial charge is 0.394 e. The Bertz CT molecular complexity index is 995. The lowest BCUT2D eigenvalue weighted by molar-refractivity contribution is -0.123. The van der Waals surface area contributed by atoms with Crippen LogP contribution < -0.4 is 5.32 Å². The van der Waals surface area contributed by atoms with E-state index in [0.717, 1.165) is 96.3 Å². The molecule has 0 aliphatic heterocycles. The number of hydrogen-bond acceptors (Lipinski definition) is 3. The fourth-order valence-corrected chi connectivity index (χ4v) is 5.04. The lowest BCUT2D eigenvalue weighted by Gasteiger charge is -2.19. The molecule has 0 rings (SSSR count). The number of unbranched alkanes of at least 4 members (excludes halogenated alkanes) is 10. The van der Waals surface area contributed by atoms with Crippen LogP contribution in [0.5, 0.6) is 0 Å². The molecule has 0 aromatic heterocycles. The van der Waals surface area contributed by atoms with E-state index in [2.05, 4.69) is 116 Å². The van der Waals surface area contributed by atoms with Gasteiger partial charge >= 0.3 is 0 Å². The van der Waals surface area contributed by atoms with Crippen LogP contribution in [0.3, 0.4) is 0 Å². The zero-order valence-electron chi connectivity index (χ0n) is 31.4. The molecule has 2 unspecified atom stereocenters. The second-order valence-electron chi connectivity index (χ2n) is 12.6. The Labute approximate surface area is 302 Å². The highest BCUT2D eigenvalue weighted by molar-refractivity contribution is 5.76. The molecule has 0 bridgehead atoms. The zero-order chi connectivity index (χ0) is 35.7. The van der Waals surface area contributed by atoms with Crippen molar-refractivity contribution in [1.82, 2.24) is 5.32 Å². The van der Waals surface area contributed by atoms with Crippen LogP contribution in [-0.2, 0) is 4.79 Å². The Balaban J connectivity index is 3.68. The summed E-state index contributed by atoms with van der Waals surface area (Å²) in [6, 6.07) is -0.655. The molecular weight excluding hydrogens is 602 g/mol. The summed E-state index contributed by atoms with van der Waals surface area (Å²) in [4.78, 5) is 12.3. The highest BCUT2D eigenvalue weighted by Gasteiger charge is 2.17. The quantitative estimate of drug-likeness (QED) is 0.0479. The van der Waals surface area contributed by atoms with Gasteiger partial charge in [0.15, 0.2) is 0 Å². The van der Waals surface area contributed by atoms with Gasteiger partial charge in [0.25, 0.3) is 0 Å². The van der Waals surface area contributed by atoms with Crippen LogP contribution in [0.2, 0.25) is 0 Å². The lowest BCUT2D eigenvalue weighted by atomic mass is 10.1. The van der Waals surface area contributed by atoms with Crippen molar-refractivity contribution in [2.24, 2.45) is 0 Å². The van der Waals surface area contributed by atoms with Crippen LogP contribution >= 0.6 is 0 Å². The summed E-state index contributed by atoms with van der Waals surface area (Å²) in [6.45, 7) is 4.02. The summed E-state index contributed by atoms with van der Waals surface area (Å²) in [6.07, 6.45) is 60.5. The molecule has 0 aromatic carbocycles. The molecule has 1 amide bonds. The first-order valence-electron chi connectivity index (χ1n) is 19.6. The van der Waals surface area contributed by atoms with Crippen LogP contribution in [0.4, 0.5) is 0 Å². The Morgan fingerprint density at radius 1 is 0.490 bits per heavy atom. The predicted octanol–water partition coefficient (Wildman–Crippen LogP) is 12.1. The van der Waals surface area contributed by atoms with Crippen molar-refractivity contribution in [2.75, 3.05) is 6.61 Å². The fraction of sp³-hybridized carbons (Fsp3) is 0.578. The first kappa shape index (κ1) is 46.1. The minimum Gasteiger partial charge on any atom is -0.394 e. The van der Waals surface area contributed by atoms with Gasteiger partial charge in [-0.3, -0.25) is 4.79 Å². The second-order valence-corrected chi connectivity index (χ2v) is 12.6. The minimum absolute atomic E-state index is 0.0963. The normalized spacial score (nSPS) is 14.3. The van der Waals surface area contributed by atoms with Gasteiger partial charge in [-0.2, -0.15) is 0 Å². The maximum Gasteiger partial charge on any atom is 0.220 e. The van der Waals surface area contributed by atoms with E-state index in [1.807, 2.05) is 6.08 Å². The number of rotatable bonds is 33. The molecule has 0 radical (unpaired) electrons. The molecule has 0 aliphatic carbocycles. The molecule has 0 aliphatic rings. The summed E-state index contributed by atoms with van der Waals surface area (Å²) in [5.74, 6) is -0.0963. The first-order valence-corrected chi connectivity index (χ1v) is 19.6. The van der Waals surface area contributed by atoms with Gasteiger partial charge in [-0.15, -0.1) is 0 Å². The van der Waals surface area contributed by atoms with E-state index >= 15 is 0 Å². The molecule has 0 saturated carbocycles. The van der Waals surface area contributed by atoms with Gasteiger partial charge in [0.2, 0.25) is 5.91 Å². The number of amides is 1. The number of allylic oxidation sites excluding steroid dienone is 17. The Hall–Kier alpha value is -2.95. The van der Waals surface area contributed by atoms with Gasteiger partial charge in [-0.05, 0) is 89.9 Å². The van der Waals surface area contributed by atoms with E-state index in [1.54, 1.807) is 6.08 Å². The third-order valence-electron chi connectivity index (χ3n) is 7.98. The van der Waals surface area contributed by atoms with Gasteiger partial charge in [0.05, 0.1) is 18.8 Å². The van der Waals surface area contributed by atoms with Gasteiger partial charge in [-0.1, -0.05) is 162 Å². The van der Waals surface area contributed by atoms with E-state index in [4.69, 9.17) is 0 Å². The third kappa shape index (κ3) is 36.2. The number of aliphatic hydroxyl groups excluding tert-OH is 2. The predicted molar refractivity (Wildman–Crippen MR) is 216 cm³/mol. The van der Waals surface area contributed by atoms with Gasteiger partial charge in [0, 0.05) is 6.42 Å². The molecule has 276 valence electrons. The van der Waals surface area contributed by atoms with Crippen molar-refractivity contribution in [3.63, 3.8) is 0 Å². The molecular formula is C45H73NO3. The maximum absolute atomic E-state index is 12.3. The van der Waals surface area contributed by atoms with Gasteiger partial charge < -0.3 is 15.5 Å². The van der Waals surface area contributed by atoms with Crippen molar-refractivity contribution in [1.29, 1.82) is 0 Å². The molecule has 0 spiro atoms. The summed E-state index contributed by atoms with van der Waals surface area (Å²) in [5.41, 5.74) is 0. The monoisotopic (exact) mass is 676 g/mol. The average molecular weight is 676 g/mol. The fourth-order valence-electron chi connectivity index (χ4n) is 5.04. The summed E-state index contributed by atoms with van der Waals surface area (Å²) < 4.78 is 0. The van der Waals surface area contributed by atoms with Crippen molar-refractivity contribution in [3.05, 3.63) is 109 Å². The number of carbonyl (C=O) groups excluding carboxylic acids is 1. The smallest absolute Gasteiger partial charge is 0.220 e. The van der Waals surface area contributed by atoms with Crippen molar-refractivity contribution < 1.29 is 15.0 Å². The van der Waals surface area contributed by atoms with Crippen LogP contribution in [0.25, 0.3) is 0 Å². The van der Waals surface area contributed by atoms with Crippen LogP contribution in [0.15, 0.2) is 109 Å². The Morgan fingerprint density at radius 2 is 0.857 bits per heavy atom. The van der Waals surface area contributed by atoms with Crippen LogP contribution in [0.1, 0.15) is 149 Å². The average Bonchev–Trinajstić information content (AvgIpc) is 3.10. The summed E-state index contributed by atoms with van der Waals surface area (Å²) in [5, 5.41) is 22.8. The molecule has 4 nitrogen and oxygen atoms in total.